The third-order valence-electron chi connectivity index (χ3n) is 4.38. The van der Waals surface area contributed by atoms with Gasteiger partial charge in [-0.25, -0.2) is 0 Å². The highest BCUT2D eigenvalue weighted by atomic mass is 16.3. The maximum atomic E-state index is 9.09. The van der Waals surface area contributed by atoms with Gasteiger partial charge in [-0.2, -0.15) is 0 Å². The van der Waals surface area contributed by atoms with E-state index in [2.05, 4.69) is 23.4 Å². The van der Waals surface area contributed by atoms with Crippen LogP contribution < -0.4 is 0 Å². The van der Waals surface area contributed by atoms with Crippen molar-refractivity contribution in [1.82, 2.24) is 4.90 Å². The van der Waals surface area contributed by atoms with Crippen LogP contribution in [0.1, 0.15) is 71.1 Å². The molecule has 0 aromatic rings. The SMILES string of the molecule is CCCCCCCCCCCC1=[N+](CCO)CCN1C. The van der Waals surface area contributed by atoms with Gasteiger partial charge < -0.3 is 5.11 Å². The molecule has 1 heterocycles. The van der Waals surface area contributed by atoms with E-state index in [1.54, 1.807) is 0 Å². The molecule has 118 valence electrons. The van der Waals surface area contributed by atoms with Gasteiger partial charge in [-0.1, -0.05) is 58.3 Å². The summed E-state index contributed by atoms with van der Waals surface area (Å²) in [6.45, 7) is 5.56. The fourth-order valence-electron chi connectivity index (χ4n) is 3.07. The Bertz CT molecular complexity index is 276. The van der Waals surface area contributed by atoms with Gasteiger partial charge in [-0.15, -0.1) is 0 Å². The predicted molar refractivity (Wildman–Crippen MR) is 86.6 cm³/mol. The summed E-state index contributed by atoms with van der Waals surface area (Å²) in [6, 6.07) is 0. The predicted octanol–water partition coefficient (Wildman–Crippen LogP) is 3.26. The molecular weight excluding hydrogens is 248 g/mol. The largest absolute Gasteiger partial charge is 0.392 e. The molecule has 0 saturated carbocycles. The van der Waals surface area contributed by atoms with E-state index in [9.17, 15) is 0 Å². The van der Waals surface area contributed by atoms with Gasteiger partial charge in [0.2, 0.25) is 5.84 Å². The minimum Gasteiger partial charge on any atom is -0.392 e. The number of aliphatic hydroxyl groups is 1. The van der Waals surface area contributed by atoms with Crippen molar-refractivity contribution in [2.45, 2.75) is 71.1 Å². The molecule has 0 atom stereocenters. The maximum Gasteiger partial charge on any atom is 0.246 e. The minimum atomic E-state index is 0.273. The van der Waals surface area contributed by atoms with Crippen LogP contribution in [-0.2, 0) is 0 Å². The molecular formula is C17H35N2O+. The van der Waals surface area contributed by atoms with Gasteiger partial charge in [0, 0.05) is 6.42 Å². The summed E-state index contributed by atoms with van der Waals surface area (Å²) in [5.74, 6) is 1.45. The molecule has 0 amide bonds. The smallest absolute Gasteiger partial charge is 0.246 e. The van der Waals surface area contributed by atoms with Gasteiger partial charge in [-0.3, -0.25) is 9.48 Å². The van der Waals surface area contributed by atoms with Crippen LogP contribution in [0.25, 0.3) is 0 Å². The fourth-order valence-corrected chi connectivity index (χ4v) is 3.07. The van der Waals surface area contributed by atoms with E-state index in [4.69, 9.17) is 5.11 Å². The molecule has 0 unspecified atom stereocenters. The summed E-state index contributed by atoms with van der Waals surface area (Å²) >= 11 is 0. The number of nitrogens with zero attached hydrogens (tertiary/aromatic N) is 2. The van der Waals surface area contributed by atoms with Crippen LogP contribution in [0.15, 0.2) is 0 Å². The van der Waals surface area contributed by atoms with Gasteiger partial charge in [0.25, 0.3) is 0 Å². The third kappa shape index (κ3) is 6.74. The van der Waals surface area contributed by atoms with Crippen LogP contribution in [0.5, 0.6) is 0 Å². The number of β-amino-alcohol motifs (C(OH)–C–C–N with tert-alkyl or cyclic N) is 1. The van der Waals surface area contributed by atoms with Crippen molar-refractivity contribution in [3.63, 3.8) is 0 Å². The summed E-state index contributed by atoms with van der Waals surface area (Å²) in [4.78, 5) is 2.36. The Hall–Kier alpha value is -0.570. The molecule has 0 fully saturated rings. The second-order valence-corrected chi connectivity index (χ2v) is 6.13. The number of amidine groups is 1. The van der Waals surface area contributed by atoms with E-state index < -0.39 is 0 Å². The number of likely N-dealkylation sites (N-methyl/N-ethyl adjacent to an activating group) is 1. The zero-order valence-electron chi connectivity index (χ0n) is 13.7. The molecule has 0 aromatic heterocycles. The first-order valence-corrected chi connectivity index (χ1v) is 8.72. The van der Waals surface area contributed by atoms with Crippen LogP contribution in [0.3, 0.4) is 0 Å². The van der Waals surface area contributed by atoms with E-state index in [0.717, 1.165) is 19.6 Å². The third-order valence-corrected chi connectivity index (χ3v) is 4.38. The Morgan fingerprint density at radius 2 is 1.60 bits per heavy atom. The van der Waals surface area contributed by atoms with Crippen LogP contribution >= 0.6 is 0 Å². The maximum absolute atomic E-state index is 9.09. The van der Waals surface area contributed by atoms with E-state index in [1.165, 1.54) is 70.0 Å². The van der Waals surface area contributed by atoms with Crippen molar-refractivity contribution >= 4 is 5.84 Å². The lowest BCUT2D eigenvalue weighted by Crippen LogP contribution is -2.26. The number of hydrogen-bond acceptors (Lipinski definition) is 2. The molecule has 0 radical (unpaired) electrons. The molecule has 1 N–H and O–H groups in total. The Kier molecular flexibility index (Phi) is 9.73. The standard InChI is InChI=1S/C17H35N2O/c1-3-4-5-6-7-8-9-10-11-12-17-18(2)13-14-19(17)15-16-20/h20H,3-16H2,1-2H3/q+1. The normalized spacial score (nSPS) is 15.4. The first-order chi connectivity index (χ1) is 9.79. The lowest BCUT2D eigenvalue weighted by molar-refractivity contribution is -0.521. The first-order valence-electron chi connectivity index (χ1n) is 8.72. The van der Waals surface area contributed by atoms with Crippen molar-refractivity contribution in [3.8, 4) is 0 Å². The highest BCUT2D eigenvalue weighted by Gasteiger charge is 2.25. The van der Waals surface area contributed by atoms with Crippen molar-refractivity contribution in [2.75, 3.05) is 33.3 Å². The van der Waals surface area contributed by atoms with Crippen molar-refractivity contribution in [3.05, 3.63) is 0 Å². The molecule has 1 aliphatic heterocycles. The molecule has 0 spiro atoms. The Morgan fingerprint density at radius 1 is 1.00 bits per heavy atom. The Labute approximate surface area is 125 Å². The lowest BCUT2D eigenvalue weighted by atomic mass is 10.1. The Balaban J connectivity index is 2.04. The van der Waals surface area contributed by atoms with Crippen molar-refractivity contribution < 1.29 is 9.68 Å². The van der Waals surface area contributed by atoms with Crippen molar-refractivity contribution in [1.29, 1.82) is 0 Å². The fraction of sp³-hybridized carbons (Fsp3) is 0.941. The molecule has 0 aromatic carbocycles. The molecule has 0 bridgehead atoms. The Morgan fingerprint density at radius 3 is 2.20 bits per heavy atom. The summed E-state index contributed by atoms with van der Waals surface area (Å²) in [5.41, 5.74) is 0. The van der Waals surface area contributed by atoms with Crippen LogP contribution in [0.4, 0.5) is 0 Å². The molecule has 1 rings (SSSR count). The number of rotatable bonds is 12. The zero-order chi connectivity index (χ0) is 14.6. The molecule has 0 saturated heterocycles. The van der Waals surface area contributed by atoms with Gasteiger partial charge >= 0.3 is 0 Å². The second-order valence-electron chi connectivity index (χ2n) is 6.13. The molecule has 3 nitrogen and oxygen atoms in total. The van der Waals surface area contributed by atoms with Gasteiger partial charge in [0.1, 0.15) is 19.6 Å². The van der Waals surface area contributed by atoms with Crippen LogP contribution in [0, 0.1) is 0 Å². The number of aliphatic hydroxyl groups excluding tert-OH is 1. The van der Waals surface area contributed by atoms with Crippen molar-refractivity contribution in [2.24, 2.45) is 0 Å². The first kappa shape index (κ1) is 17.5. The molecule has 1 aliphatic rings. The van der Waals surface area contributed by atoms with Gasteiger partial charge in [0.05, 0.1) is 13.7 Å². The average Bonchev–Trinajstić information content (AvgIpc) is 2.79. The second kappa shape index (κ2) is 11.1. The van der Waals surface area contributed by atoms with E-state index in [0.29, 0.717) is 0 Å². The van der Waals surface area contributed by atoms with Crippen LogP contribution in [0.2, 0.25) is 0 Å². The monoisotopic (exact) mass is 283 g/mol. The summed E-state index contributed by atoms with van der Waals surface area (Å²) in [5, 5.41) is 9.09. The topological polar surface area (TPSA) is 26.5 Å². The van der Waals surface area contributed by atoms with Gasteiger partial charge in [-0.05, 0) is 6.42 Å². The average molecular weight is 283 g/mol. The minimum absolute atomic E-state index is 0.273. The highest BCUT2D eigenvalue weighted by Crippen LogP contribution is 2.12. The highest BCUT2D eigenvalue weighted by molar-refractivity contribution is 5.78. The number of unbranched alkanes of at least 4 members (excludes halogenated alkanes) is 8. The van der Waals surface area contributed by atoms with Crippen LogP contribution in [-0.4, -0.2) is 53.7 Å². The molecule has 3 heteroatoms. The molecule has 0 aliphatic carbocycles. The summed E-state index contributed by atoms with van der Waals surface area (Å²) in [6.07, 6.45) is 13.7. The van der Waals surface area contributed by atoms with Gasteiger partial charge in [0.15, 0.2) is 0 Å². The zero-order valence-corrected chi connectivity index (χ0v) is 13.7. The number of hydrogen-bond donors (Lipinski definition) is 1. The molecule has 20 heavy (non-hydrogen) atoms. The van der Waals surface area contributed by atoms with E-state index in [-0.39, 0.29) is 6.61 Å². The van der Waals surface area contributed by atoms with E-state index in [1.807, 2.05) is 0 Å². The lowest BCUT2D eigenvalue weighted by Gasteiger charge is -2.08. The summed E-state index contributed by atoms with van der Waals surface area (Å²) in [7, 11) is 2.18. The summed E-state index contributed by atoms with van der Waals surface area (Å²) < 4.78 is 2.35. The quantitative estimate of drug-likeness (QED) is 0.439. The van der Waals surface area contributed by atoms with E-state index >= 15 is 0 Å².